The van der Waals surface area contributed by atoms with Crippen molar-refractivity contribution in [2.75, 3.05) is 66.7 Å². The van der Waals surface area contributed by atoms with E-state index >= 15 is 0 Å². The summed E-state index contributed by atoms with van der Waals surface area (Å²) >= 11 is 0. The van der Waals surface area contributed by atoms with E-state index in [4.69, 9.17) is 28.4 Å². The summed E-state index contributed by atoms with van der Waals surface area (Å²) in [5.74, 6) is 4.33. The van der Waals surface area contributed by atoms with Crippen LogP contribution in [0.2, 0.25) is 0 Å². The van der Waals surface area contributed by atoms with E-state index in [9.17, 15) is 0 Å². The predicted molar refractivity (Wildman–Crippen MR) is 119 cm³/mol. The second-order valence-corrected chi connectivity index (χ2v) is 8.28. The highest BCUT2D eigenvalue weighted by molar-refractivity contribution is 5.52. The number of fused-ring (bicyclic) bond motifs is 2. The van der Waals surface area contributed by atoms with E-state index in [0.29, 0.717) is 36.2 Å². The van der Waals surface area contributed by atoms with E-state index in [1.807, 2.05) is 36.4 Å². The van der Waals surface area contributed by atoms with Crippen LogP contribution in [-0.2, 0) is 0 Å². The summed E-state index contributed by atoms with van der Waals surface area (Å²) in [5.41, 5.74) is 0. The van der Waals surface area contributed by atoms with Crippen LogP contribution in [0.5, 0.6) is 34.5 Å². The van der Waals surface area contributed by atoms with Crippen molar-refractivity contribution in [2.24, 2.45) is 0 Å². The highest BCUT2D eigenvalue weighted by Crippen LogP contribution is 2.41. The highest BCUT2D eigenvalue weighted by atomic mass is 16.6. The Morgan fingerprint density at radius 2 is 1.16 bits per heavy atom. The molecule has 2 aromatic rings. The molecule has 0 amide bonds. The Balaban J connectivity index is 1.11. The maximum absolute atomic E-state index is 6.21. The Kier molecular flexibility index (Phi) is 6.14. The third kappa shape index (κ3) is 4.38. The Bertz CT molecular complexity index is 827. The topological polar surface area (TPSA) is 61.9 Å². The van der Waals surface area contributed by atoms with E-state index in [2.05, 4.69) is 9.80 Å². The first-order valence-corrected chi connectivity index (χ1v) is 11.1. The van der Waals surface area contributed by atoms with Crippen LogP contribution < -0.4 is 28.4 Å². The largest absolute Gasteiger partial charge is 0.493 e. The van der Waals surface area contributed by atoms with Gasteiger partial charge in [-0.3, -0.25) is 9.80 Å². The quantitative estimate of drug-likeness (QED) is 0.676. The third-order valence-electron chi connectivity index (χ3n) is 6.13. The normalized spacial score (nSPS) is 22.9. The van der Waals surface area contributed by atoms with Gasteiger partial charge in [-0.2, -0.15) is 0 Å². The van der Waals surface area contributed by atoms with E-state index < -0.39 is 0 Å². The molecule has 0 aliphatic carbocycles. The van der Waals surface area contributed by atoms with Crippen molar-refractivity contribution in [1.29, 1.82) is 0 Å². The molecule has 0 aromatic heterocycles. The summed E-state index contributed by atoms with van der Waals surface area (Å²) in [6.07, 6.45) is -0.0196. The van der Waals surface area contributed by atoms with Crippen LogP contribution in [0.4, 0.5) is 0 Å². The number of hydrogen-bond donors (Lipinski definition) is 0. The Hall–Kier alpha value is -2.84. The minimum atomic E-state index is -0.00982. The number of methoxy groups -OCH3 is 2. The van der Waals surface area contributed by atoms with Gasteiger partial charge in [0.2, 0.25) is 11.5 Å². The van der Waals surface area contributed by atoms with Crippen LogP contribution in [0.3, 0.4) is 0 Å². The van der Waals surface area contributed by atoms with Crippen molar-refractivity contribution in [3.8, 4) is 34.5 Å². The molecular formula is C24H30N2O6. The lowest BCUT2D eigenvalue weighted by Crippen LogP contribution is -2.53. The molecule has 0 spiro atoms. The average Bonchev–Trinajstić information content (AvgIpc) is 2.84. The van der Waals surface area contributed by atoms with Gasteiger partial charge in [0.1, 0.15) is 25.4 Å². The molecule has 8 heteroatoms. The molecule has 0 saturated carbocycles. The third-order valence-corrected chi connectivity index (χ3v) is 6.13. The molecule has 5 rings (SSSR count). The van der Waals surface area contributed by atoms with Crippen molar-refractivity contribution in [2.45, 2.75) is 12.2 Å². The summed E-state index contributed by atoms with van der Waals surface area (Å²) in [6.45, 7) is 6.68. The lowest BCUT2D eigenvalue weighted by atomic mass is 10.2. The van der Waals surface area contributed by atoms with Gasteiger partial charge in [-0.25, -0.2) is 0 Å². The maximum Gasteiger partial charge on any atom is 0.204 e. The molecule has 2 unspecified atom stereocenters. The first-order valence-electron chi connectivity index (χ1n) is 11.1. The fourth-order valence-electron chi connectivity index (χ4n) is 4.45. The molecule has 8 nitrogen and oxygen atoms in total. The van der Waals surface area contributed by atoms with E-state index in [1.165, 1.54) is 0 Å². The molecule has 1 fully saturated rings. The lowest BCUT2D eigenvalue weighted by Gasteiger charge is -2.39. The monoisotopic (exact) mass is 442 g/mol. The molecule has 32 heavy (non-hydrogen) atoms. The smallest absolute Gasteiger partial charge is 0.204 e. The van der Waals surface area contributed by atoms with Crippen LogP contribution >= 0.6 is 0 Å². The zero-order valence-corrected chi connectivity index (χ0v) is 18.6. The molecule has 2 atom stereocenters. The van der Waals surface area contributed by atoms with Crippen molar-refractivity contribution >= 4 is 0 Å². The van der Waals surface area contributed by atoms with Gasteiger partial charge in [0.05, 0.1) is 14.2 Å². The van der Waals surface area contributed by atoms with Gasteiger partial charge in [0.15, 0.2) is 23.0 Å². The number of ether oxygens (including phenoxy) is 6. The Labute approximate surface area is 188 Å². The summed E-state index contributed by atoms with van der Waals surface area (Å²) in [5, 5.41) is 0. The van der Waals surface area contributed by atoms with Crippen molar-refractivity contribution in [3.63, 3.8) is 0 Å². The molecule has 172 valence electrons. The molecule has 3 aliphatic rings. The van der Waals surface area contributed by atoms with Gasteiger partial charge in [-0.1, -0.05) is 12.1 Å². The molecule has 1 saturated heterocycles. The Morgan fingerprint density at radius 3 is 1.56 bits per heavy atom. The number of hydrogen-bond acceptors (Lipinski definition) is 8. The van der Waals surface area contributed by atoms with E-state index in [0.717, 1.165) is 50.8 Å². The number of rotatable bonds is 6. The summed E-state index contributed by atoms with van der Waals surface area (Å²) in [6, 6.07) is 11.4. The summed E-state index contributed by atoms with van der Waals surface area (Å²) in [7, 11) is 3.30. The van der Waals surface area contributed by atoms with Gasteiger partial charge in [-0.05, 0) is 24.3 Å². The molecule has 2 aromatic carbocycles. The second kappa shape index (κ2) is 9.34. The van der Waals surface area contributed by atoms with Gasteiger partial charge in [-0.15, -0.1) is 0 Å². The Morgan fingerprint density at radius 1 is 0.719 bits per heavy atom. The fraction of sp³-hybridized carbons (Fsp3) is 0.500. The molecule has 3 heterocycles. The van der Waals surface area contributed by atoms with E-state index in [1.54, 1.807) is 14.2 Å². The van der Waals surface area contributed by atoms with Crippen molar-refractivity contribution in [1.82, 2.24) is 9.80 Å². The van der Waals surface area contributed by atoms with Crippen LogP contribution in [-0.4, -0.2) is 88.7 Å². The number of benzene rings is 2. The average molecular weight is 443 g/mol. The SMILES string of the molecule is COc1cccc2c1OC(CN1CCN(CC3COc4cccc(OC)c4O3)CC1)CO2. The summed E-state index contributed by atoms with van der Waals surface area (Å²) < 4.78 is 35.1. The highest BCUT2D eigenvalue weighted by Gasteiger charge is 2.30. The minimum absolute atomic E-state index is 0.00982. The number of piperazine rings is 1. The number of nitrogens with zero attached hydrogens (tertiary/aromatic N) is 2. The van der Waals surface area contributed by atoms with Crippen LogP contribution in [0.25, 0.3) is 0 Å². The molecule has 0 radical (unpaired) electrons. The zero-order valence-electron chi connectivity index (χ0n) is 18.6. The molecule has 3 aliphatic heterocycles. The fourth-order valence-corrected chi connectivity index (χ4v) is 4.45. The molecule has 0 N–H and O–H groups in total. The van der Waals surface area contributed by atoms with E-state index in [-0.39, 0.29) is 12.2 Å². The molecule has 0 bridgehead atoms. The van der Waals surface area contributed by atoms with Crippen molar-refractivity contribution in [3.05, 3.63) is 36.4 Å². The van der Waals surface area contributed by atoms with Crippen LogP contribution in [0.1, 0.15) is 0 Å². The minimum Gasteiger partial charge on any atom is -0.493 e. The summed E-state index contributed by atoms with van der Waals surface area (Å²) in [4.78, 5) is 4.86. The first kappa shape index (κ1) is 21.0. The zero-order chi connectivity index (χ0) is 21.9. The van der Waals surface area contributed by atoms with Crippen molar-refractivity contribution < 1.29 is 28.4 Å². The molecular weight excluding hydrogens is 412 g/mol. The first-order chi connectivity index (χ1) is 15.7. The second-order valence-electron chi connectivity index (χ2n) is 8.28. The lowest BCUT2D eigenvalue weighted by molar-refractivity contribution is 0.0184. The maximum atomic E-state index is 6.21. The number of para-hydroxylation sites is 2. The van der Waals surface area contributed by atoms with Gasteiger partial charge in [0.25, 0.3) is 0 Å². The van der Waals surface area contributed by atoms with Gasteiger partial charge >= 0.3 is 0 Å². The predicted octanol–water partition coefficient (Wildman–Crippen LogP) is 2.30. The standard InChI is InChI=1S/C24H30N2O6/c1-27-19-5-3-7-21-23(19)31-17(15-29-21)13-25-9-11-26(12-10-25)14-18-16-30-22-8-4-6-20(28-2)24(22)32-18/h3-8,17-18H,9-16H2,1-2H3. The van der Waals surface area contributed by atoms with Gasteiger partial charge < -0.3 is 28.4 Å². The van der Waals surface area contributed by atoms with Crippen LogP contribution in [0.15, 0.2) is 36.4 Å². The van der Waals surface area contributed by atoms with Crippen LogP contribution in [0, 0.1) is 0 Å². The van der Waals surface area contributed by atoms with Gasteiger partial charge in [0, 0.05) is 39.3 Å².